The quantitative estimate of drug-likeness (QED) is 0.670. The number of pyridine rings is 2. The molecule has 1 aliphatic rings. The van der Waals surface area contributed by atoms with Gasteiger partial charge in [0.15, 0.2) is 0 Å². The summed E-state index contributed by atoms with van der Waals surface area (Å²) in [6.45, 7) is 0. The topological polar surface area (TPSA) is 63.8 Å². The highest BCUT2D eigenvalue weighted by atomic mass is 79.9. The number of aryl methyl sites for hydroxylation is 1. The Morgan fingerprint density at radius 1 is 1.30 bits per heavy atom. The van der Waals surface area contributed by atoms with E-state index >= 15 is 0 Å². The molecule has 0 radical (unpaired) electrons. The van der Waals surface area contributed by atoms with Gasteiger partial charge in [0.2, 0.25) is 0 Å². The van der Waals surface area contributed by atoms with Gasteiger partial charge in [0.25, 0.3) is 0 Å². The molecule has 2 unspecified atom stereocenters. The highest BCUT2D eigenvalue weighted by molar-refractivity contribution is 9.10. The molecule has 3 N–H and O–H groups in total. The summed E-state index contributed by atoms with van der Waals surface area (Å²) in [4.78, 5) is 9.06. The smallest absolute Gasteiger partial charge is 0.0715 e. The fraction of sp³-hybridized carbons (Fsp3) is 0.333. The van der Waals surface area contributed by atoms with Crippen molar-refractivity contribution in [1.29, 1.82) is 0 Å². The molecule has 104 valence electrons. The maximum absolute atomic E-state index is 5.80. The first kappa shape index (κ1) is 13.7. The van der Waals surface area contributed by atoms with Gasteiger partial charge in [-0.2, -0.15) is 0 Å². The molecule has 0 saturated heterocycles. The summed E-state index contributed by atoms with van der Waals surface area (Å²) >= 11 is 3.41. The van der Waals surface area contributed by atoms with Crippen molar-refractivity contribution >= 4 is 15.9 Å². The van der Waals surface area contributed by atoms with Crippen LogP contribution in [-0.2, 0) is 6.42 Å². The van der Waals surface area contributed by atoms with Crippen molar-refractivity contribution in [3.63, 3.8) is 0 Å². The van der Waals surface area contributed by atoms with E-state index in [9.17, 15) is 0 Å². The summed E-state index contributed by atoms with van der Waals surface area (Å²) in [6.07, 6.45) is 7.01. The van der Waals surface area contributed by atoms with E-state index in [-0.39, 0.29) is 12.0 Å². The number of aromatic nitrogens is 2. The number of nitrogens with zero attached hydrogens (tertiary/aromatic N) is 2. The predicted molar refractivity (Wildman–Crippen MR) is 81.9 cm³/mol. The zero-order chi connectivity index (χ0) is 13.9. The second-order valence-electron chi connectivity index (χ2n) is 5.09. The van der Waals surface area contributed by atoms with Gasteiger partial charge >= 0.3 is 0 Å². The SMILES string of the molecule is NNC(c1ccc(Br)cn1)C1CCCc2cccnc21. The van der Waals surface area contributed by atoms with Crippen molar-refractivity contribution in [2.45, 2.75) is 31.2 Å². The Balaban J connectivity index is 1.96. The van der Waals surface area contributed by atoms with Gasteiger partial charge in [0.05, 0.1) is 11.7 Å². The Labute approximate surface area is 126 Å². The Bertz CT molecular complexity index is 585. The summed E-state index contributed by atoms with van der Waals surface area (Å²) in [5.41, 5.74) is 6.38. The number of rotatable bonds is 3. The summed E-state index contributed by atoms with van der Waals surface area (Å²) in [6, 6.07) is 8.17. The number of halogens is 1. The number of hydrogen-bond acceptors (Lipinski definition) is 4. The second kappa shape index (κ2) is 5.99. The first-order valence-electron chi connectivity index (χ1n) is 6.81. The minimum atomic E-state index is -0.00273. The molecule has 0 bridgehead atoms. The summed E-state index contributed by atoms with van der Waals surface area (Å²) in [7, 11) is 0. The Kier molecular flexibility index (Phi) is 4.10. The average molecular weight is 333 g/mol. The third-order valence-corrected chi connectivity index (χ3v) is 4.36. The third kappa shape index (κ3) is 2.61. The molecule has 2 heterocycles. The van der Waals surface area contributed by atoms with Gasteiger partial charge < -0.3 is 0 Å². The van der Waals surface area contributed by atoms with Crippen LogP contribution < -0.4 is 11.3 Å². The molecule has 0 spiro atoms. The lowest BCUT2D eigenvalue weighted by Gasteiger charge is -2.30. The fourth-order valence-electron chi connectivity index (χ4n) is 2.95. The normalized spacial score (nSPS) is 19.4. The van der Waals surface area contributed by atoms with Gasteiger partial charge in [-0.05, 0) is 59.0 Å². The molecule has 0 aliphatic heterocycles. The van der Waals surface area contributed by atoms with E-state index in [0.29, 0.717) is 0 Å². The molecule has 4 nitrogen and oxygen atoms in total. The van der Waals surface area contributed by atoms with Crippen LogP contribution >= 0.6 is 15.9 Å². The highest BCUT2D eigenvalue weighted by Gasteiger charge is 2.30. The summed E-state index contributed by atoms with van der Waals surface area (Å²) in [5.74, 6) is 6.08. The van der Waals surface area contributed by atoms with Crippen LogP contribution in [0.5, 0.6) is 0 Å². The monoisotopic (exact) mass is 332 g/mol. The molecule has 0 aromatic carbocycles. The van der Waals surface area contributed by atoms with Crippen LogP contribution in [0.2, 0.25) is 0 Å². The number of nitrogens with one attached hydrogen (secondary N) is 1. The van der Waals surface area contributed by atoms with Crippen molar-refractivity contribution in [2.75, 3.05) is 0 Å². The van der Waals surface area contributed by atoms with E-state index in [1.165, 1.54) is 5.56 Å². The van der Waals surface area contributed by atoms with Crippen LogP contribution in [0.1, 0.15) is 41.8 Å². The molecule has 0 fully saturated rings. The molecular weight excluding hydrogens is 316 g/mol. The number of hydrazine groups is 1. The van der Waals surface area contributed by atoms with Crippen molar-refractivity contribution in [3.05, 3.63) is 58.1 Å². The van der Waals surface area contributed by atoms with Gasteiger partial charge in [0, 0.05) is 28.5 Å². The van der Waals surface area contributed by atoms with Gasteiger partial charge in [-0.1, -0.05) is 6.07 Å². The Hall–Kier alpha value is -1.30. The number of hydrogen-bond donors (Lipinski definition) is 2. The first-order valence-corrected chi connectivity index (χ1v) is 7.60. The minimum absolute atomic E-state index is 0.00273. The van der Waals surface area contributed by atoms with E-state index in [1.54, 1.807) is 0 Å². The van der Waals surface area contributed by atoms with E-state index < -0.39 is 0 Å². The zero-order valence-corrected chi connectivity index (χ0v) is 12.7. The molecule has 2 atom stereocenters. The fourth-order valence-corrected chi connectivity index (χ4v) is 3.18. The standard InChI is InChI=1S/C15H17BrN4/c16-11-6-7-13(19-9-11)15(20-17)12-5-1-3-10-4-2-8-18-14(10)12/h2,4,6-9,12,15,20H,1,3,5,17H2. The van der Waals surface area contributed by atoms with Gasteiger partial charge in [-0.25, -0.2) is 0 Å². The first-order chi connectivity index (χ1) is 9.79. The zero-order valence-electron chi connectivity index (χ0n) is 11.1. The average Bonchev–Trinajstić information content (AvgIpc) is 2.50. The van der Waals surface area contributed by atoms with Gasteiger partial charge in [0.1, 0.15) is 0 Å². The number of fused-ring (bicyclic) bond motifs is 1. The van der Waals surface area contributed by atoms with E-state index in [0.717, 1.165) is 35.1 Å². The molecule has 1 aliphatic carbocycles. The van der Waals surface area contributed by atoms with Crippen LogP contribution in [0.4, 0.5) is 0 Å². The Morgan fingerprint density at radius 2 is 2.20 bits per heavy atom. The highest BCUT2D eigenvalue weighted by Crippen LogP contribution is 2.38. The third-order valence-electron chi connectivity index (χ3n) is 3.89. The lowest BCUT2D eigenvalue weighted by molar-refractivity contribution is 0.393. The van der Waals surface area contributed by atoms with Crippen LogP contribution in [0, 0.1) is 0 Å². The largest absolute Gasteiger partial charge is 0.271 e. The molecule has 2 aromatic rings. The summed E-state index contributed by atoms with van der Waals surface area (Å²) in [5, 5.41) is 0. The Morgan fingerprint density at radius 3 is 2.95 bits per heavy atom. The van der Waals surface area contributed by atoms with Crippen molar-refractivity contribution in [1.82, 2.24) is 15.4 Å². The maximum Gasteiger partial charge on any atom is 0.0715 e. The maximum atomic E-state index is 5.80. The van der Waals surface area contributed by atoms with E-state index in [2.05, 4.69) is 37.4 Å². The minimum Gasteiger partial charge on any atom is -0.271 e. The van der Waals surface area contributed by atoms with E-state index in [1.807, 2.05) is 30.6 Å². The molecule has 2 aromatic heterocycles. The van der Waals surface area contributed by atoms with Crippen LogP contribution in [0.15, 0.2) is 41.1 Å². The molecule has 5 heteroatoms. The molecular formula is C15H17BrN4. The summed E-state index contributed by atoms with van der Waals surface area (Å²) < 4.78 is 0.971. The molecule has 3 rings (SSSR count). The van der Waals surface area contributed by atoms with Crippen LogP contribution in [-0.4, -0.2) is 9.97 Å². The van der Waals surface area contributed by atoms with Gasteiger partial charge in [-0.3, -0.25) is 21.2 Å². The number of nitrogens with two attached hydrogens (primary N) is 1. The van der Waals surface area contributed by atoms with Crippen molar-refractivity contribution in [2.24, 2.45) is 5.84 Å². The molecule has 0 amide bonds. The predicted octanol–water partition coefficient (Wildman–Crippen LogP) is 2.86. The van der Waals surface area contributed by atoms with Crippen molar-refractivity contribution < 1.29 is 0 Å². The van der Waals surface area contributed by atoms with Crippen LogP contribution in [0.3, 0.4) is 0 Å². The second-order valence-corrected chi connectivity index (χ2v) is 6.01. The van der Waals surface area contributed by atoms with Gasteiger partial charge in [-0.15, -0.1) is 0 Å². The van der Waals surface area contributed by atoms with Crippen molar-refractivity contribution in [3.8, 4) is 0 Å². The molecule has 20 heavy (non-hydrogen) atoms. The molecule has 0 saturated carbocycles. The van der Waals surface area contributed by atoms with E-state index in [4.69, 9.17) is 5.84 Å². The van der Waals surface area contributed by atoms with Crippen LogP contribution in [0.25, 0.3) is 0 Å². The lowest BCUT2D eigenvalue weighted by Crippen LogP contribution is -2.35. The lowest BCUT2D eigenvalue weighted by atomic mass is 9.81.